The molecule has 0 heterocycles. The van der Waals surface area contributed by atoms with Crippen LogP contribution in [0.2, 0.25) is 0 Å². The van der Waals surface area contributed by atoms with Gasteiger partial charge in [-0.2, -0.15) is 0 Å². The molecule has 322 valence electrons. The van der Waals surface area contributed by atoms with Crippen molar-refractivity contribution in [1.29, 1.82) is 0 Å². The number of carboxylic acid groups (broad SMARTS) is 1. The van der Waals surface area contributed by atoms with E-state index in [2.05, 4.69) is 83.1 Å². The molecule has 0 saturated heterocycles. The number of carbonyl (C=O) groups is 4. The monoisotopic (exact) mass is 876 g/mol. The Morgan fingerprint density at radius 2 is 0.925 bits per heavy atom. The van der Waals surface area contributed by atoms with E-state index in [4.69, 9.17) is 27.1 Å². The van der Waals surface area contributed by atoms with Crippen LogP contribution < -0.4 is 24.8 Å². The Labute approximate surface area is 385 Å². The number of carbonyl (C=O) groups excluding carboxylic acids is 3. The van der Waals surface area contributed by atoms with Gasteiger partial charge in [0.25, 0.3) is 18.3 Å². The van der Waals surface area contributed by atoms with Gasteiger partial charge in [0.2, 0.25) is 0 Å². The molecule has 0 spiro atoms. The molecular weight excluding hydrogens is 841 g/mol. The fourth-order valence-corrected chi connectivity index (χ4v) is 8.41. The van der Waals surface area contributed by atoms with Crippen LogP contribution in [0, 0.1) is 24.7 Å². The molecule has 0 bridgehead atoms. The number of benzene rings is 8. The topological polar surface area (TPSA) is 140 Å². The lowest BCUT2D eigenvalue weighted by Gasteiger charge is -2.34. The molecule has 0 unspecified atom stereocenters. The van der Waals surface area contributed by atoms with Gasteiger partial charge >= 0.3 is 5.97 Å². The van der Waals surface area contributed by atoms with Crippen molar-refractivity contribution in [2.75, 3.05) is 10.6 Å². The van der Waals surface area contributed by atoms with E-state index in [1.165, 1.54) is 30.3 Å². The van der Waals surface area contributed by atoms with Gasteiger partial charge in [0.1, 0.15) is 28.7 Å². The SMILES string of the molecule is C#Cc1ccc(OC=O)c(C(=O)Nc2ccc(Oc3ccc(C4(c5ccc(Oc6ccc(NC(=O)c7cc(C#C)ccc7C(=O)O)cc6)cc5)c5ccccc5-c5ccccc54)cc3)cc2)c1. The van der Waals surface area contributed by atoms with Crippen molar-refractivity contribution >= 4 is 35.6 Å². The molecule has 0 atom stereocenters. The highest BCUT2D eigenvalue weighted by atomic mass is 16.5. The minimum absolute atomic E-state index is 0.0423. The summed E-state index contributed by atoms with van der Waals surface area (Å²) < 4.78 is 17.5. The summed E-state index contributed by atoms with van der Waals surface area (Å²) in [5.41, 5.74) is 7.60. The normalized spacial score (nSPS) is 11.7. The van der Waals surface area contributed by atoms with E-state index >= 15 is 0 Å². The van der Waals surface area contributed by atoms with E-state index in [-0.39, 0.29) is 28.9 Å². The molecular formula is C57H36N2O8. The Kier molecular flexibility index (Phi) is 11.6. The van der Waals surface area contributed by atoms with Crippen LogP contribution in [0.4, 0.5) is 11.4 Å². The Bertz CT molecular complexity index is 3260. The molecule has 0 aliphatic heterocycles. The summed E-state index contributed by atoms with van der Waals surface area (Å²) in [5.74, 6) is 4.94. The van der Waals surface area contributed by atoms with Gasteiger partial charge in [-0.25, -0.2) is 4.79 Å². The highest BCUT2D eigenvalue weighted by Gasteiger charge is 2.46. The first-order chi connectivity index (χ1) is 32.7. The van der Waals surface area contributed by atoms with Gasteiger partial charge < -0.3 is 30.0 Å². The summed E-state index contributed by atoms with van der Waals surface area (Å²) in [6.45, 7) is 0.253. The van der Waals surface area contributed by atoms with Crippen LogP contribution >= 0.6 is 0 Å². The molecule has 0 fully saturated rings. The fourth-order valence-electron chi connectivity index (χ4n) is 8.41. The zero-order chi connectivity index (χ0) is 46.5. The lowest BCUT2D eigenvalue weighted by molar-refractivity contribution is -0.120. The Morgan fingerprint density at radius 3 is 1.37 bits per heavy atom. The maximum atomic E-state index is 13.1. The molecule has 0 radical (unpaired) electrons. The highest BCUT2D eigenvalue weighted by Crippen LogP contribution is 2.56. The van der Waals surface area contributed by atoms with Crippen LogP contribution in [0.1, 0.15) is 64.5 Å². The van der Waals surface area contributed by atoms with Gasteiger partial charge in [0.05, 0.1) is 22.1 Å². The van der Waals surface area contributed by atoms with Crippen molar-refractivity contribution in [2.45, 2.75) is 5.41 Å². The second kappa shape index (κ2) is 18.2. The summed E-state index contributed by atoms with van der Waals surface area (Å²) in [6, 6.07) is 55.2. The van der Waals surface area contributed by atoms with E-state index in [1.54, 1.807) is 54.6 Å². The molecule has 8 aromatic carbocycles. The molecule has 9 rings (SSSR count). The first kappa shape index (κ1) is 42.7. The molecule has 67 heavy (non-hydrogen) atoms. The Balaban J connectivity index is 0.946. The summed E-state index contributed by atoms with van der Waals surface area (Å²) >= 11 is 0. The number of rotatable bonds is 13. The zero-order valence-corrected chi connectivity index (χ0v) is 35.4. The standard InChI is InChI=1S/C57H36N2O8/c1-3-36-13-31-48(56(63)64)49(33-36)54(61)58-40-19-27-44(28-20-40)66-42-23-15-38(16-24-42)57(51-11-7-5-9-46(51)47-10-6-8-12-52(47)57)39-17-25-43(26-18-39)67-45-29-21-41(22-30-45)59-55(62)50-34-37(4-2)14-32-53(50)65-35-60/h1-2,5-35H,(H,58,61)(H,59,62)(H,63,64). The van der Waals surface area contributed by atoms with Crippen molar-refractivity contribution in [3.8, 4) is 64.6 Å². The van der Waals surface area contributed by atoms with Gasteiger partial charge in [-0.15, -0.1) is 12.8 Å². The average Bonchev–Trinajstić information content (AvgIpc) is 3.66. The number of hydrogen-bond acceptors (Lipinski definition) is 7. The lowest BCUT2D eigenvalue weighted by Crippen LogP contribution is -2.28. The molecule has 1 aliphatic carbocycles. The predicted octanol–water partition coefficient (Wildman–Crippen LogP) is 11.3. The van der Waals surface area contributed by atoms with Gasteiger partial charge in [-0.05, 0) is 143 Å². The van der Waals surface area contributed by atoms with Gasteiger partial charge in [-0.1, -0.05) is 84.6 Å². The maximum Gasteiger partial charge on any atom is 0.336 e. The van der Waals surface area contributed by atoms with E-state index in [1.807, 2.05) is 36.4 Å². The van der Waals surface area contributed by atoms with Crippen LogP contribution in [0.5, 0.6) is 28.7 Å². The summed E-state index contributed by atoms with van der Waals surface area (Å²) in [7, 11) is 0. The average molecular weight is 877 g/mol. The molecule has 0 aromatic heterocycles. The quantitative estimate of drug-likeness (QED) is 0.0768. The second-order valence-corrected chi connectivity index (χ2v) is 15.3. The van der Waals surface area contributed by atoms with E-state index in [0.29, 0.717) is 45.5 Å². The number of anilines is 2. The molecule has 1 aliphatic rings. The van der Waals surface area contributed by atoms with Crippen LogP contribution in [0.3, 0.4) is 0 Å². The molecule has 0 saturated carbocycles. The third kappa shape index (κ3) is 8.33. The molecule has 3 N–H and O–H groups in total. The number of ether oxygens (including phenoxy) is 3. The minimum atomic E-state index is -1.24. The Morgan fingerprint density at radius 1 is 0.507 bits per heavy atom. The van der Waals surface area contributed by atoms with Gasteiger partial charge in [0, 0.05) is 22.5 Å². The van der Waals surface area contributed by atoms with E-state index < -0.39 is 23.2 Å². The maximum absolute atomic E-state index is 13.1. The lowest BCUT2D eigenvalue weighted by atomic mass is 9.68. The van der Waals surface area contributed by atoms with Gasteiger partial charge in [0.15, 0.2) is 0 Å². The minimum Gasteiger partial charge on any atom is -0.478 e. The van der Waals surface area contributed by atoms with Crippen LogP contribution in [-0.2, 0) is 10.2 Å². The third-order valence-corrected chi connectivity index (χ3v) is 11.4. The number of carboxylic acids is 1. The second-order valence-electron chi connectivity index (χ2n) is 15.3. The predicted molar refractivity (Wildman–Crippen MR) is 255 cm³/mol. The number of terminal acetylenes is 2. The summed E-state index contributed by atoms with van der Waals surface area (Å²) in [4.78, 5) is 49.0. The van der Waals surface area contributed by atoms with Gasteiger partial charge in [-0.3, -0.25) is 14.4 Å². The van der Waals surface area contributed by atoms with E-state index in [0.717, 1.165) is 33.4 Å². The van der Waals surface area contributed by atoms with Crippen molar-refractivity contribution in [3.05, 3.63) is 232 Å². The highest BCUT2D eigenvalue weighted by molar-refractivity contribution is 6.11. The third-order valence-electron chi connectivity index (χ3n) is 11.4. The smallest absolute Gasteiger partial charge is 0.336 e. The fraction of sp³-hybridized carbons (Fsp3) is 0.0175. The number of hydrogen-bond donors (Lipinski definition) is 3. The number of nitrogens with one attached hydrogen (secondary N) is 2. The van der Waals surface area contributed by atoms with E-state index in [9.17, 15) is 24.3 Å². The first-order valence-corrected chi connectivity index (χ1v) is 20.8. The van der Waals surface area contributed by atoms with Crippen LogP contribution in [0.15, 0.2) is 182 Å². The number of amides is 2. The van der Waals surface area contributed by atoms with Crippen molar-refractivity contribution in [1.82, 2.24) is 0 Å². The summed E-state index contributed by atoms with van der Waals surface area (Å²) in [6.07, 6.45) is 11.0. The summed E-state index contributed by atoms with van der Waals surface area (Å²) in [5, 5.41) is 15.2. The molecule has 2 amide bonds. The number of fused-ring (bicyclic) bond motifs is 3. The molecule has 8 aromatic rings. The van der Waals surface area contributed by atoms with Crippen molar-refractivity contribution in [3.63, 3.8) is 0 Å². The zero-order valence-electron chi connectivity index (χ0n) is 35.4. The van der Waals surface area contributed by atoms with Crippen molar-refractivity contribution in [2.24, 2.45) is 0 Å². The molecule has 10 nitrogen and oxygen atoms in total. The number of aromatic carboxylic acids is 1. The van der Waals surface area contributed by atoms with Crippen LogP contribution in [-0.4, -0.2) is 29.4 Å². The first-order valence-electron chi connectivity index (χ1n) is 20.8. The largest absolute Gasteiger partial charge is 0.478 e. The molecule has 10 heteroatoms. The van der Waals surface area contributed by atoms with Crippen molar-refractivity contribution < 1.29 is 38.5 Å². The Hall–Kier alpha value is -9.64. The van der Waals surface area contributed by atoms with Crippen LogP contribution in [0.25, 0.3) is 11.1 Å².